The molecule has 0 amide bonds. The first-order chi connectivity index (χ1) is 8.16. The number of aromatic nitrogens is 1. The summed E-state index contributed by atoms with van der Waals surface area (Å²) in [6, 6.07) is 11.5. The lowest BCUT2D eigenvalue weighted by atomic mass is 10.1. The standard InChI is InChI=1S/C14H13BrNO.HI/c1-11-5-6-12(9-13(11)15)14(17)10-16-7-3-2-4-8-16;/h2-9H,10H2,1H3;1H/q+1;/p-1. The number of ketones is 1. The van der Waals surface area contributed by atoms with Gasteiger partial charge in [0.05, 0.1) is 0 Å². The molecule has 0 saturated carbocycles. The minimum absolute atomic E-state index is 0. The second kappa shape index (κ2) is 6.99. The van der Waals surface area contributed by atoms with Crippen molar-refractivity contribution in [3.05, 3.63) is 64.4 Å². The van der Waals surface area contributed by atoms with Crippen molar-refractivity contribution < 1.29 is 33.3 Å². The molecule has 1 aromatic carbocycles. The van der Waals surface area contributed by atoms with E-state index in [1.165, 1.54) is 0 Å². The lowest BCUT2D eigenvalue weighted by Gasteiger charge is -2.01. The van der Waals surface area contributed by atoms with E-state index >= 15 is 0 Å². The first-order valence-corrected chi connectivity index (χ1v) is 6.19. The van der Waals surface area contributed by atoms with Crippen molar-refractivity contribution in [3.63, 3.8) is 0 Å². The van der Waals surface area contributed by atoms with Gasteiger partial charge in [-0.2, -0.15) is 4.57 Å². The number of aryl methyl sites for hydroxylation is 1. The highest BCUT2D eigenvalue weighted by atomic mass is 127. The Morgan fingerprint density at radius 3 is 2.50 bits per heavy atom. The Morgan fingerprint density at radius 2 is 1.89 bits per heavy atom. The van der Waals surface area contributed by atoms with E-state index < -0.39 is 0 Å². The van der Waals surface area contributed by atoms with E-state index in [0.29, 0.717) is 6.54 Å². The number of rotatable bonds is 3. The van der Waals surface area contributed by atoms with Gasteiger partial charge in [-0.05, 0) is 18.6 Å². The minimum atomic E-state index is 0. The Bertz CT molecular complexity index is 543. The first kappa shape index (κ1) is 15.3. The topological polar surface area (TPSA) is 20.9 Å². The molecule has 18 heavy (non-hydrogen) atoms. The number of Topliss-reactive ketones (excluding diaryl/α,β-unsaturated/α-hetero) is 1. The average molecular weight is 418 g/mol. The van der Waals surface area contributed by atoms with Crippen LogP contribution in [0.3, 0.4) is 0 Å². The van der Waals surface area contributed by atoms with Crippen LogP contribution >= 0.6 is 15.9 Å². The molecule has 4 heteroatoms. The smallest absolute Gasteiger partial charge is 0.227 e. The number of benzene rings is 1. The molecule has 94 valence electrons. The van der Waals surface area contributed by atoms with Crippen molar-refractivity contribution in [2.45, 2.75) is 13.5 Å². The minimum Gasteiger partial charge on any atom is -1.00 e. The molecule has 0 bridgehead atoms. The number of hydrogen-bond donors (Lipinski definition) is 0. The van der Waals surface area contributed by atoms with Crippen LogP contribution in [0.2, 0.25) is 0 Å². The Hall–Kier alpha value is -0.750. The van der Waals surface area contributed by atoms with Gasteiger partial charge >= 0.3 is 0 Å². The number of pyridine rings is 1. The van der Waals surface area contributed by atoms with E-state index in [2.05, 4.69) is 15.9 Å². The summed E-state index contributed by atoms with van der Waals surface area (Å²) < 4.78 is 2.84. The fraction of sp³-hybridized carbons (Fsp3) is 0.143. The zero-order valence-electron chi connectivity index (χ0n) is 9.94. The van der Waals surface area contributed by atoms with Gasteiger partial charge in [0.1, 0.15) is 0 Å². The molecule has 2 nitrogen and oxygen atoms in total. The molecular weight excluding hydrogens is 405 g/mol. The van der Waals surface area contributed by atoms with Gasteiger partial charge in [-0.3, -0.25) is 4.79 Å². The predicted octanol–water partition coefficient (Wildman–Crippen LogP) is -0.0681. The Morgan fingerprint density at radius 1 is 1.22 bits per heavy atom. The summed E-state index contributed by atoms with van der Waals surface area (Å²) in [5.74, 6) is 0.113. The summed E-state index contributed by atoms with van der Waals surface area (Å²) in [7, 11) is 0. The van der Waals surface area contributed by atoms with Crippen LogP contribution in [0, 0.1) is 6.92 Å². The highest BCUT2D eigenvalue weighted by molar-refractivity contribution is 9.10. The highest BCUT2D eigenvalue weighted by Gasteiger charge is 2.12. The van der Waals surface area contributed by atoms with Crippen LogP contribution < -0.4 is 28.5 Å². The van der Waals surface area contributed by atoms with Crippen LogP contribution in [0.1, 0.15) is 15.9 Å². The van der Waals surface area contributed by atoms with Gasteiger partial charge in [-0.15, -0.1) is 0 Å². The maximum absolute atomic E-state index is 12.0. The molecule has 0 aliphatic rings. The van der Waals surface area contributed by atoms with Gasteiger partial charge in [0, 0.05) is 22.2 Å². The fourth-order valence-electron chi connectivity index (χ4n) is 1.56. The molecule has 1 aromatic heterocycles. The molecule has 0 atom stereocenters. The van der Waals surface area contributed by atoms with Gasteiger partial charge in [0.2, 0.25) is 12.3 Å². The number of halogens is 2. The van der Waals surface area contributed by atoms with Gasteiger partial charge in [0.25, 0.3) is 0 Å². The van der Waals surface area contributed by atoms with Crippen LogP contribution in [0.4, 0.5) is 0 Å². The second-order valence-corrected chi connectivity index (χ2v) is 4.79. The third-order valence-electron chi connectivity index (χ3n) is 2.60. The van der Waals surface area contributed by atoms with E-state index in [4.69, 9.17) is 0 Å². The maximum Gasteiger partial charge on any atom is 0.227 e. The van der Waals surface area contributed by atoms with Crippen LogP contribution in [-0.4, -0.2) is 5.78 Å². The molecular formula is C14H13BrINO. The average Bonchev–Trinajstić information content (AvgIpc) is 2.34. The van der Waals surface area contributed by atoms with E-state index in [1.54, 1.807) is 0 Å². The second-order valence-electron chi connectivity index (χ2n) is 3.93. The highest BCUT2D eigenvalue weighted by Crippen LogP contribution is 2.17. The summed E-state index contributed by atoms with van der Waals surface area (Å²) in [6.07, 6.45) is 3.78. The molecule has 0 saturated heterocycles. The van der Waals surface area contributed by atoms with Crippen molar-refractivity contribution in [2.24, 2.45) is 0 Å². The third kappa shape index (κ3) is 3.88. The number of nitrogens with zero attached hydrogens (tertiary/aromatic N) is 1. The van der Waals surface area contributed by atoms with Crippen LogP contribution in [0.5, 0.6) is 0 Å². The Labute approximate surface area is 132 Å². The molecule has 0 N–H and O–H groups in total. The van der Waals surface area contributed by atoms with Crippen molar-refractivity contribution in [1.29, 1.82) is 0 Å². The molecule has 1 heterocycles. The molecule has 2 aromatic rings. The predicted molar refractivity (Wildman–Crippen MR) is 69.8 cm³/mol. The molecule has 0 radical (unpaired) electrons. The SMILES string of the molecule is Cc1ccc(C(=O)C[n+]2ccccc2)cc1Br.[I-]. The molecule has 0 spiro atoms. The van der Waals surface area contributed by atoms with Gasteiger partial charge in [0.15, 0.2) is 12.4 Å². The Kier molecular flexibility index (Phi) is 5.95. The lowest BCUT2D eigenvalue weighted by molar-refractivity contribution is -0.683. The monoisotopic (exact) mass is 417 g/mol. The summed E-state index contributed by atoms with van der Waals surface area (Å²) in [4.78, 5) is 12.0. The number of hydrogen-bond acceptors (Lipinski definition) is 1. The van der Waals surface area contributed by atoms with E-state index in [9.17, 15) is 4.79 Å². The van der Waals surface area contributed by atoms with Crippen LogP contribution in [0.25, 0.3) is 0 Å². The van der Waals surface area contributed by atoms with E-state index in [0.717, 1.165) is 15.6 Å². The van der Waals surface area contributed by atoms with E-state index in [-0.39, 0.29) is 29.8 Å². The molecule has 0 aliphatic carbocycles. The van der Waals surface area contributed by atoms with Crippen molar-refractivity contribution in [1.82, 2.24) is 0 Å². The lowest BCUT2D eigenvalue weighted by Crippen LogP contribution is -3.00. The normalized spacial score (nSPS) is 9.67. The van der Waals surface area contributed by atoms with Gasteiger partial charge in [-0.1, -0.05) is 34.1 Å². The molecule has 0 fully saturated rings. The van der Waals surface area contributed by atoms with E-state index in [1.807, 2.05) is 60.3 Å². The summed E-state index contributed by atoms with van der Waals surface area (Å²) in [6.45, 7) is 2.38. The zero-order valence-corrected chi connectivity index (χ0v) is 13.7. The first-order valence-electron chi connectivity index (χ1n) is 5.40. The molecule has 0 aliphatic heterocycles. The van der Waals surface area contributed by atoms with Gasteiger partial charge < -0.3 is 24.0 Å². The quantitative estimate of drug-likeness (QED) is 0.389. The number of carbonyl (C=O) groups excluding carboxylic acids is 1. The van der Waals surface area contributed by atoms with Crippen molar-refractivity contribution in [3.8, 4) is 0 Å². The fourth-order valence-corrected chi connectivity index (χ4v) is 1.94. The zero-order chi connectivity index (χ0) is 12.3. The van der Waals surface area contributed by atoms with Crippen molar-refractivity contribution in [2.75, 3.05) is 0 Å². The van der Waals surface area contributed by atoms with Crippen molar-refractivity contribution >= 4 is 21.7 Å². The summed E-state index contributed by atoms with van der Waals surface area (Å²) in [5.41, 5.74) is 1.87. The van der Waals surface area contributed by atoms with Crippen LogP contribution in [-0.2, 0) is 6.54 Å². The Balaban J connectivity index is 0.00000162. The van der Waals surface area contributed by atoms with Crippen LogP contribution in [0.15, 0.2) is 53.3 Å². The summed E-state index contributed by atoms with van der Waals surface area (Å²) in [5, 5.41) is 0. The third-order valence-corrected chi connectivity index (χ3v) is 3.45. The molecule has 0 unspecified atom stereocenters. The van der Waals surface area contributed by atoms with Gasteiger partial charge in [-0.25, -0.2) is 0 Å². The molecule has 2 rings (SSSR count). The number of carbonyl (C=O) groups is 1. The maximum atomic E-state index is 12.0. The largest absolute Gasteiger partial charge is 1.00 e. The summed E-state index contributed by atoms with van der Waals surface area (Å²) >= 11 is 3.44.